The van der Waals surface area contributed by atoms with Crippen molar-refractivity contribution in [3.05, 3.63) is 0 Å². The summed E-state index contributed by atoms with van der Waals surface area (Å²) in [5.41, 5.74) is 0. The van der Waals surface area contributed by atoms with Crippen LogP contribution in [0.3, 0.4) is 0 Å². The zero-order valence-electron chi connectivity index (χ0n) is 13.5. The lowest BCUT2D eigenvalue weighted by molar-refractivity contribution is 0.0136. The van der Waals surface area contributed by atoms with Crippen molar-refractivity contribution in [1.82, 2.24) is 0 Å². The minimum atomic E-state index is -0.560. The summed E-state index contributed by atoms with van der Waals surface area (Å²) in [5.74, 6) is 0. The van der Waals surface area contributed by atoms with E-state index in [1.54, 1.807) is 0 Å². The number of aliphatic hydroxyl groups excluding tert-OH is 2. The summed E-state index contributed by atoms with van der Waals surface area (Å²) in [7, 11) is 0. The van der Waals surface area contributed by atoms with Crippen molar-refractivity contribution in [3.63, 3.8) is 0 Å². The summed E-state index contributed by atoms with van der Waals surface area (Å²) in [5, 5.41) is 16.0. The molecule has 0 saturated heterocycles. The third-order valence-electron chi connectivity index (χ3n) is 2.29. The lowest BCUT2D eigenvalue weighted by atomic mass is 10.4. The fraction of sp³-hybridized carbons (Fsp3) is 1.00. The molecule has 0 aromatic heterocycles. The molecule has 2 N–H and O–H groups in total. The van der Waals surface area contributed by atoms with Gasteiger partial charge in [-0.3, -0.25) is 0 Å². The predicted octanol–water partition coefficient (Wildman–Crippen LogP) is 2.00. The van der Waals surface area contributed by atoms with E-state index in [0.717, 1.165) is 26.1 Å². The van der Waals surface area contributed by atoms with Crippen LogP contribution < -0.4 is 0 Å². The molecule has 124 valence electrons. The van der Waals surface area contributed by atoms with Crippen molar-refractivity contribution in [3.8, 4) is 0 Å². The molecule has 0 aliphatic heterocycles. The van der Waals surface area contributed by atoms with E-state index >= 15 is 0 Å². The highest BCUT2D eigenvalue weighted by atomic mass is 16.5. The molecule has 0 aromatic carbocycles. The van der Waals surface area contributed by atoms with E-state index in [4.69, 9.17) is 24.4 Å². The quantitative estimate of drug-likeness (QED) is 0.509. The lowest BCUT2D eigenvalue weighted by Gasteiger charge is -2.06. The Morgan fingerprint density at radius 2 is 1.05 bits per heavy atom. The zero-order chi connectivity index (χ0) is 15.5. The monoisotopic (exact) mass is 294 g/mol. The Labute approximate surface area is 124 Å². The van der Waals surface area contributed by atoms with Gasteiger partial charge in [-0.2, -0.15) is 0 Å². The van der Waals surface area contributed by atoms with E-state index in [9.17, 15) is 0 Å². The van der Waals surface area contributed by atoms with Crippen molar-refractivity contribution in [2.45, 2.75) is 52.6 Å². The molecule has 5 nitrogen and oxygen atoms in total. The van der Waals surface area contributed by atoms with Crippen molar-refractivity contribution < 1.29 is 24.4 Å². The number of hydrogen-bond donors (Lipinski definition) is 2. The molecule has 0 radical (unpaired) electrons. The summed E-state index contributed by atoms with van der Waals surface area (Å²) in [4.78, 5) is 0. The third kappa shape index (κ3) is 26.4. The maximum Gasteiger partial charge on any atom is 0.0742 e. The first-order valence-corrected chi connectivity index (χ1v) is 7.71. The molecule has 20 heavy (non-hydrogen) atoms. The Kier molecular flexibility index (Phi) is 23.3. The van der Waals surface area contributed by atoms with Crippen molar-refractivity contribution in [2.24, 2.45) is 0 Å². The summed E-state index contributed by atoms with van der Waals surface area (Å²) in [6.07, 6.45) is 4.09. The van der Waals surface area contributed by atoms with Crippen molar-refractivity contribution >= 4 is 0 Å². The molecule has 1 unspecified atom stereocenters. The maximum atomic E-state index is 8.11. The van der Waals surface area contributed by atoms with Crippen LogP contribution in [-0.2, 0) is 14.2 Å². The lowest BCUT2D eigenvalue weighted by Crippen LogP contribution is -2.10. The molecule has 0 spiro atoms. The van der Waals surface area contributed by atoms with Gasteiger partial charge in [0.25, 0.3) is 0 Å². The standard InChI is InChI=1S/C12H26O3.C3H8O2/c1-3-5-7-13-9-11-15-12-10-14-8-6-4-2;1-3(5)2-4/h3-12H2,1-2H3;3-5H,2H2,1H3. The maximum absolute atomic E-state index is 8.11. The van der Waals surface area contributed by atoms with E-state index in [0.29, 0.717) is 26.4 Å². The molecule has 5 heteroatoms. The normalized spacial score (nSPS) is 11.8. The second-order valence-corrected chi connectivity index (χ2v) is 4.58. The van der Waals surface area contributed by atoms with Gasteiger partial charge in [-0.15, -0.1) is 0 Å². The van der Waals surface area contributed by atoms with Gasteiger partial charge in [0, 0.05) is 13.2 Å². The van der Waals surface area contributed by atoms with Gasteiger partial charge in [0.05, 0.1) is 39.1 Å². The fourth-order valence-corrected chi connectivity index (χ4v) is 1.03. The summed E-state index contributed by atoms with van der Waals surface area (Å²) < 4.78 is 16.1. The molecule has 0 fully saturated rings. The van der Waals surface area contributed by atoms with Crippen LogP contribution in [0.5, 0.6) is 0 Å². The minimum absolute atomic E-state index is 0.139. The first-order valence-electron chi connectivity index (χ1n) is 7.71. The van der Waals surface area contributed by atoms with Gasteiger partial charge in [-0.05, 0) is 19.8 Å². The SMILES string of the molecule is CC(O)CO.CCCCOCCOCCOCCCC. The molecular weight excluding hydrogens is 260 g/mol. The molecule has 0 aliphatic rings. The van der Waals surface area contributed by atoms with E-state index in [1.807, 2.05) is 0 Å². The van der Waals surface area contributed by atoms with Gasteiger partial charge >= 0.3 is 0 Å². The third-order valence-corrected chi connectivity index (χ3v) is 2.29. The second kappa shape index (κ2) is 21.1. The number of unbranched alkanes of at least 4 members (excludes halogenated alkanes) is 2. The molecule has 0 saturated carbocycles. The molecule has 0 rings (SSSR count). The highest BCUT2D eigenvalue weighted by Gasteiger charge is 1.91. The molecule has 0 aromatic rings. The molecule has 0 amide bonds. The van der Waals surface area contributed by atoms with Crippen LogP contribution in [-0.4, -0.2) is 62.6 Å². The van der Waals surface area contributed by atoms with Crippen LogP contribution in [0.25, 0.3) is 0 Å². The Balaban J connectivity index is 0. The zero-order valence-corrected chi connectivity index (χ0v) is 13.5. The average Bonchev–Trinajstić information content (AvgIpc) is 2.45. The van der Waals surface area contributed by atoms with Gasteiger partial charge in [0.15, 0.2) is 0 Å². The topological polar surface area (TPSA) is 68.2 Å². The van der Waals surface area contributed by atoms with Gasteiger partial charge < -0.3 is 24.4 Å². The van der Waals surface area contributed by atoms with E-state index < -0.39 is 6.10 Å². The van der Waals surface area contributed by atoms with Gasteiger partial charge in [-0.25, -0.2) is 0 Å². The van der Waals surface area contributed by atoms with Gasteiger partial charge in [0.2, 0.25) is 0 Å². The van der Waals surface area contributed by atoms with E-state index in [2.05, 4.69) is 13.8 Å². The van der Waals surface area contributed by atoms with Crippen LogP contribution in [0.15, 0.2) is 0 Å². The predicted molar refractivity (Wildman–Crippen MR) is 81.0 cm³/mol. The summed E-state index contributed by atoms with van der Waals surface area (Å²) >= 11 is 0. The van der Waals surface area contributed by atoms with E-state index in [-0.39, 0.29) is 6.61 Å². The Morgan fingerprint density at radius 3 is 1.30 bits per heavy atom. The first-order chi connectivity index (χ1) is 9.68. The highest BCUT2D eigenvalue weighted by molar-refractivity contribution is 4.36. The number of ether oxygens (including phenoxy) is 3. The Hall–Kier alpha value is -0.200. The minimum Gasteiger partial charge on any atom is -0.394 e. The largest absolute Gasteiger partial charge is 0.394 e. The second-order valence-electron chi connectivity index (χ2n) is 4.58. The molecule has 1 atom stereocenters. The van der Waals surface area contributed by atoms with Gasteiger partial charge in [-0.1, -0.05) is 26.7 Å². The summed E-state index contributed by atoms with van der Waals surface area (Å²) in [6, 6.07) is 0. The fourth-order valence-electron chi connectivity index (χ4n) is 1.03. The number of aliphatic hydroxyl groups is 2. The molecule has 0 heterocycles. The smallest absolute Gasteiger partial charge is 0.0742 e. The molecule has 0 aliphatic carbocycles. The Morgan fingerprint density at radius 1 is 0.750 bits per heavy atom. The van der Waals surface area contributed by atoms with Crippen molar-refractivity contribution in [1.29, 1.82) is 0 Å². The number of rotatable bonds is 13. The summed E-state index contributed by atoms with van der Waals surface area (Å²) in [6.45, 7) is 10.2. The van der Waals surface area contributed by atoms with Crippen LogP contribution in [0.4, 0.5) is 0 Å². The van der Waals surface area contributed by atoms with Crippen LogP contribution in [0, 0.1) is 0 Å². The molecule has 0 bridgehead atoms. The van der Waals surface area contributed by atoms with Crippen LogP contribution in [0.1, 0.15) is 46.5 Å². The number of hydrogen-bond acceptors (Lipinski definition) is 5. The van der Waals surface area contributed by atoms with Gasteiger partial charge in [0.1, 0.15) is 0 Å². The first kappa shape index (κ1) is 22.1. The van der Waals surface area contributed by atoms with Crippen molar-refractivity contribution in [2.75, 3.05) is 46.2 Å². The Bertz CT molecular complexity index is 141. The van der Waals surface area contributed by atoms with Crippen LogP contribution >= 0.6 is 0 Å². The van der Waals surface area contributed by atoms with Crippen LogP contribution in [0.2, 0.25) is 0 Å². The average molecular weight is 294 g/mol. The molecular formula is C15H34O5. The van der Waals surface area contributed by atoms with E-state index in [1.165, 1.54) is 19.8 Å². The highest BCUT2D eigenvalue weighted by Crippen LogP contribution is 1.89.